The normalized spacial score (nSPS) is 15.7. The Morgan fingerprint density at radius 2 is 2.05 bits per heavy atom. The fraction of sp³-hybridized carbons (Fsp3) is 0.562. The summed E-state index contributed by atoms with van der Waals surface area (Å²) in [5.74, 6) is 1.38. The van der Waals surface area contributed by atoms with E-state index in [2.05, 4.69) is 5.32 Å². The van der Waals surface area contributed by atoms with Crippen LogP contribution in [-0.2, 0) is 16.1 Å². The van der Waals surface area contributed by atoms with Crippen LogP contribution < -0.4 is 10.1 Å². The molecule has 4 nitrogen and oxygen atoms in total. The second-order valence-corrected chi connectivity index (χ2v) is 5.18. The van der Waals surface area contributed by atoms with Gasteiger partial charge in [0.1, 0.15) is 5.75 Å². The van der Waals surface area contributed by atoms with Crippen molar-refractivity contribution in [3.8, 4) is 5.75 Å². The van der Waals surface area contributed by atoms with Crippen LogP contribution in [-0.4, -0.2) is 25.7 Å². The highest BCUT2D eigenvalue weighted by molar-refractivity contribution is 5.70. The third-order valence-electron chi connectivity index (χ3n) is 3.61. The Balaban J connectivity index is 1.83. The van der Waals surface area contributed by atoms with E-state index in [4.69, 9.17) is 9.47 Å². The number of methoxy groups -OCH3 is 1. The first-order chi connectivity index (χ1) is 9.72. The molecule has 110 valence electrons. The molecular weight excluding hydrogens is 254 g/mol. The number of hydrogen-bond acceptors (Lipinski definition) is 4. The van der Waals surface area contributed by atoms with Gasteiger partial charge in [-0.05, 0) is 43.4 Å². The molecule has 20 heavy (non-hydrogen) atoms. The number of esters is 1. The summed E-state index contributed by atoms with van der Waals surface area (Å²) >= 11 is 0. The molecule has 1 aliphatic rings. The summed E-state index contributed by atoms with van der Waals surface area (Å²) in [6, 6.07) is 8.22. The van der Waals surface area contributed by atoms with Gasteiger partial charge in [0.25, 0.3) is 0 Å². The lowest BCUT2D eigenvalue weighted by molar-refractivity contribution is -0.143. The number of rotatable bonds is 8. The lowest BCUT2D eigenvalue weighted by Gasteiger charge is -2.17. The lowest BCUT2D eigenvalue weighted by Crippen LogP contribution is -2.33. The minimum atomic E-state index is -0.105. The van der Waals surface area contributed by atoms with Crippen LogP contribution in [0.5, 0.6) is 5.75 Å². The van der Waals surface area contributed by atoms with Crippen molar-refractivity contribution in [1.82, 2.24) is 5.32 Å². The van der Waals surface area contributed by atoms with Crippen LogP contribution >= 0.6 is 0 Å². The smallest absolute Gasteiger partial charge is 0.307 e. The van der Waals surface area contributed by atoms with E-state index in [1.807, 2.05) is 31.2 Å². The van der Waals surface area contributed by atoms with E-state index in [0.29, 0.717) is 18.9 Å². The van der Waals surface area contributed by atoms with Gasteiger partial charge in [-0.3, -0.25) is 4.79 Å². The summed E-state index contributed by atoms with van der Waals surface area (Å²) in [6.07, 6.45) is 2.88. The van der Waals surface area contributed by atoms with Crippen LogP contribution in [0.1, 0.15) is 31.7 Å². The molecule has 0 bridgehead atoms. The molecule has 1 saturated carbocycles. The maximum atomic E-state index is 11.6. The van der Waals surface area contributed by atoms with E-state index in [-0.39, 0.29) is 12.0 Å². The fourth-order valence-corrected chi connectivity index (χ4v) is 2.30. The minimum absolute atomic E-state index is 0.105. The highest BCUT2D eigenvalue weighted by Gasteiger charge is 2.32. The Morgan fingerprint density at radius 1 is 1.35 bits per heavy atom. The molecule has 0 amide bonds. The first-order valence-electron chi connectivity index (χ1n) is 7.25. The summed E-state index contributed by atoms with van der Waals surface area (Å²) in [5.41, 5.74) is 1.19. The largest absolute Gasteiger partial charge is 0.497 e. The Hall–Kier alpha value is -1.55. The molecule has 0 radical (unpaired) electrons. The van der Waals surface area contributed by atoms with Crippen molar-refractivity contribution >= 4 is 5.97 Å². The van der Waals surface area contributed by atoms with Gasteiger partial charge >= 0.3 is 5.97 Å². The molecule has 1 atom stereocenters. The molecule has 0 heterocycles. The van der Waals surface area contributed by atoms with Gasteiger partial charge in [0, 0.05) is 12.6 Å². The molecule has 0 aromatic heterocycles. The van der Waals surface area contributed by atoms with Crippen LogP contribution in [0.15, 0.2) is 24.3 Å². The van der Waals surface area contributed by atoms with Crippen molar-refractivity contribution in [3.63, 3.8) is 0 Å². The van der Waals surface area contributed by atoms with Crippen molar-refractivity contribution in [1.29, 1.82) is 0 Å². The molecule has 2 rings (SSSR count). The van der Waals surface area contributed by atoms with E-state index in [1.165, 1.54) is 18.4 Å². The van der Waals surface area contributed by atoms with Crippen molar-refractivity contribution in [2.45, 2.75) is 38.8 Å². The molecule has 1 aliphatic carbocycles. The molecule has 1 unspecified atom stereocenters. The molecule has 4 heteroatoms. The summed E-state index contributed by atoms with van der Waals surface area (Å²) in [4.78, 5) is 11.6. The topological polar surface area (TPSA) is 47.6 Å². The lowest BCUT2D eigenvalue weighted by atomic mass is 10.1. The summed E-state index contributed by atoms with van der Waals surface area (Å²) in [7, 11) is 1.66. The van der Waals surface area contributed by atoms with Crippen LogP contribution in [0, 0.1) is 5.92 Å². The SMILES string of the molecule is CCOC(=O)CC(NCc1ccc(OC)cc1)C1CC1. The summed E-state index contributed by atoms with van der Waals surface area (Å²) < 4.78 is 10.2. The van der Waals surface area contributed by atoms with Gasteiger partial charge in [-0.1, -0.05) is 12.1 Å². The molecule has 1 fully saturated rings. The van der Waals surface area contributed by atoms with Crippen LogP contribution in [0.3, 0.4) is 0 Å². The number of nitrogens with one attached hydrogen (secondary N) is 1. The van der Waals surface area contributed by atoms with Crippen LogP contribution in [0.2, 0.25) is 0 Å². The van der Waals surface area contributed by atoms with Gasteiger partial charge in [-0.15, -0.1) is 0 Å². The van der Waals surface area contributed by atoms with Gasteiger partial charge in [0.05, 0.1) is 20.1 Å². The molecular formula is C16H23NO3. The molecule has 0 spiro atoms. The Kier molecular flexibility index (Phi) is 5.41. The first-order valence-corrected chi connectivity index (χ1v) is 7.25. The second kappa shape index (κ2) is 7.29. The first kappa shape index (κ1) is 14.9. The zero-order valence-electron chi connectivity index (χ0n) is 12.2. The van der Waals surface area contributed by atoms with E-state index in [9.17, 15) is 4.79 Å². The summed E-state index contributed by atoms with van der Waals surface area (Å²) in [5, 5.41) is 3.48. The fourth-order valence-electron chi connectivity index (χ4n) is 2.30. The maximum absolute atomic E-state index is 11.6. The van der Waals surface area contributed by atoms with Crippen LogP contribution in [0.25, 0.3) is 0 Å². The molecule has 1 aromatic rings. The average Bonchev–Trinajstić information content (AvgIpc) is 3.29. The highest BCUT2D eigenvalue weighted by Crippen LogP contribution is 2.34. The molecule has 0 aliphatic heterocycles. The highest BCUT2D eigenvalue weighted by atomic mass is 16.5. The van der Waals surface area contributed by atoms with Crippen molar-refractivity contribution in [2.75, 3.05) is 13.7 Å². The van der Waals surface area contributed by atoms with Gasteiger partial charge in [0.2, 0.25) is 0 Å². The summed E-state index contributed by atoms with van der Waals surface area (Å²) in [6.45, 7) is 3.06. The Labute approximate surface area is 120 Å². The average molecular weight is 277 g/mol. The van der Waals surface area contributed by atoms with E-state index < -0.39 is 0 Å². The van der Waals surface area contributed by atoms with E-state index >= 15 is 0 Å². The quantitative estimate of drug-likeness (QED) is 0.742. The van der Waals surface area contributed by atoms with Gasteiger partial charge in [-0.25, -0.2) is 0 Å². The maximum Gasteiger partial charge on any atom is 0.307 e. The third-order valence-corrected chi connectivity index (χ3v) is 3.61. The van der Waals surface area contributed by atoms with Gasteiger partial charge in [-0.2, -0.15) is 0 Å². The predicted octanol–water partition coefficient (Wildman–Crippen LogP) is 2.52. The van der Waals surface area contributed by atoms with Gasteiger partial charge < -0.3 is 14.8 Å². The van der Waals surface area contributed by atoms with Crippen LogP contribution in [0.4, 0.5) is 0 Å². The second-order valence-electron chi connectivity index (χ2n) is 5.18. The van der Waals surface area contributed by atoms with Crippen molar-refractivity contribution in [3.05, 3.63) is 29.8 Å². The zero-order chi connectivity index (χ0) is 14.4. The number of ether oxygens (including phenoxy) is 2. The van der Waals surface area contributed by atoms with E-state index in [0.717, 1.165) is 12.3 Å². The third kappa shape index (κ3) is 4.53. The zero-order valence-corrected chi connectivity index (χ0v) is 12.2. The van der Waals surface area contributed by atoms with E-state index in [1.54, 1.807) is 7.11 Å². The van der Waals surface area contributed by atoms with Crippen molar-refractivity contribution in [2.24, 2.45) is 5.92 Å². The number of carbonyl (C=O) groups is 1. The minimum Gasteiger partial charge on any atom is -0.497 e. The number of hydrogen-bond donors (Lipinski definition) is 1. The monoisotopic (exact) mass is 277 g/mol. The standard InChI is InChI=1S/C16H23NO3/c1-3-20-16(18)10-15(13-6-7-13)17-11-12-4-8-14(19-2)9-5-12/h4-5,8-9,13,15,17H,3,6-7,10-11H2,1-2H3. The van der Waals surface area contributed by atoms with Gasteiger partial charge in [0.15, 0.2) is 0 Å². The Bertz CT molecular complexity index is 426. The Morgan fingerprint density at radius 3 is 2.60 bits per heavy atom. The predicted molar refractivity (Wildman–Crippen MR) is 77.6 cm³/mol. The molecule has 1 aromatic carbocycles. The number of benzene rings is 1. The molecule has 0 saturated heterocycles. The molecule has 1 N–H and O–H groups in total. The number of carbonyl (C=O) groups excluding carboxylic acids is 1. The van der Waals surface area contributed by atoms with Crippen molar-refractivity contribution < 1.29 is 14.3 Å².